The fourth-order valence-corrected chi connectivity index (χ4v) is 5.89. The lowest BCUT2D eigenvalue weighted by Crippen LogP contribution is -2.34. The van der Waals surface area contributed by atoms with Crippen LogP contribution in [0.25, 0.3) is 0 Å². The molecule has 4 fully saturated rings. The molecular formula is C20H26O2. The van der Waals surface area contributed by atoms with Crippen molar-refractivity contribution in [3.8, 4) is 5.75 Å². The highest BCUT2D eigenvalue weighted by Gasteiger charge is 2.53. The topological polar surface area (TPSA) is 21.8 Å². The summed E-state index contributed by atoms with van der Waals surface area (Å²) in [6.07, 6.45) is 10.4. The van der Waals surface area contributed by atoms with Crippen LogP contribution >= 0.6 is 0 Å². The number of hydrogen-bond acceptors (Lipinski definition) is 2. The van der Waals surface area contributed by atoms with Crippen LogP contribution in [0.2, 0.25) is 0 Å². The van der Waals surface area contributed by atoms with Crippen molar-refractivity contribution in [3.63, 3.8) is 0 Å². The van der Waals surface area contributed by atoms with Crippen LogP contribution in [0, 0.1) is 17.8 Å². The molecule has 2 heteroatoms. The Balaban J connectivity index is 1.45. The van der Waals surface area contributed by atoms with Crippen molar-refractivity contribution in [3.05, 3.63) is 29.8 Å². The molecule has 5 atom stereocenters. The van der Waals surface area contributed by atoms with E-state index < -0.39 is 0 Å². The van der Waals surface area contributed by atoms with E-state index in [-0.39, 0.29) is 0 Å². The van der Waals surface area contributed by atoms with E-state index in [4.69, 9.17) is 9.47 Å². The van der Waals surface area contributed by atoms with Crippen LogP contribution in [0.5, 0.6) is 5.75 Å². The summed E-state index contributed by atoms with van der Waals surface area (Å²) in [6.45, 7) is 1.60. The maximum atomic E-state index is 6.15. The predicted molar refractivity (Wildman–Crippen MR) is 86.1 cm³/mol. The van der Waals surface area contributed by atoms with Crippen LogP contribution in [0.4, 0.5) is 0 Å². The van der Waals surface area contributed by atoms with Crippen molar-refractivity contribution in [1.82, 2.24) is 0 Å². The molecule has 5 rings (SSSR count). The van der Waals surface area contributed by atoms with E-state index in [9.17, 15) is 0 Å². The molecule has 0 amide bonds. The van der Waals surface area contributed by atoms with Gasteiger partial charge in [0.25, 0.3) is 0 Å². The highest BCUT2D eigenvalue weighted by Crippen LogP contribution is 2.61. The molecule has 0 N–H and O–H groups in total. The number of epoxide rings is 1. The van der Waals surface area contributed by atoms with Gasteiger partial charge in [-0.2, -0.15) is 0 Å². The van der Waals surface area contributed by atoms with Crippen LogP contribution < -0.4 is 4.74 Å². The zero-order valence-electron chi connectivity index (χ0n) is 13.3. The number of benzene rings is 1. The number of hydrogen-bond donors (Lipinski definition) is 0. The van der Waals surface area contributed by atoms with E-state index in [0.29, 0.717) is 11.5 Å². The lowest BCUT2D eigenvalue weighted by atomic mass is 9.64. The zero-order valence-corrected chi connectivity index (χ0v) is 13.3. The Morgan fingerprint density at radius 1 is 1.09 bits per heavy atom. The third kappa shape index (κ3) is 2.11. The molecule has 1 saturated heterocycles. The summed E-state index contributed by atoms with van der Waals surface area (Å²) >= 11 is 0. The monoisotopic (exact) mass is 298 g/mol. The average molecular weight is 298 g/mol. The molecule has 1 aromatic rings. The molecular weight excluding hydrogens is 272 g/mol. The van der Waals surface area contributed by atoms with Crippen LogP contribution in [0.3, 0.4) is 0 Å². The molecule has 1 heterocycles. The van der Waals surface area contributed by atoms with Crippen LogP contribution in [-0.4, -0.2) is 19.3 Å². The van der Waals surface area contributed by atoms with E-state index in [1.807, 2.05) is 0 Å². The van der Waals surface area contributed by atoms with Gasteiger partial charge in [-0.25, -0.2) is 0 Å². The van der Waals surface area contributed by atoms with Crippen molar-refractivity contribution < 1.29 is 9.47 Å². The Morgan fingerprint density at radius 3 is 2.77 bits per heavy atom. The normalized spacial score (nSPS) is 42.2. The first-order valence-corrected chi connectivity index (χ1v) is 9.18. The third-order valence-corrected chi connectivity index (χ3v) is 6.91. The van der Waals surface area contributed by atoms with Crippen molar-refractivity contribution in [2.24, 2.45) is 17.8 Å². The summed E-state index contributed by atoms with van der Waals surface area (Å²) < 4.78 is 11.5. The zero-order chi connectivity index (χ0) is 14.6. The molecule has 3 aliphatic carbocycles. The molecule has 0 aromatic heterocycles. The van der Waals surface area contributed by atoms with E-state index in [1.54, 1.807) is 0 Å². The van der Waals surface area contributed by atoms with Gasteiger partial charge in [-0.05, 0) is 61.3 Å². The summed E-state index contributed by atoms with van der Waals surface area (Å²) in [7, 11) is 0. The minimum Gasteiger partial charge on any atom is -0.490 e. The highest BCUT2D eigenvalue weighted by atomic mass is 16.6. The minimum atomic E-state index is 0.340. The molecule has 118 valence electrons. The molecule has 0 radical (unpaired) electrons. The molecule has 3 saturated carbocycles. The molecule has 1 aromatic carbocycles. The number of ether oxygens (including phenoxy) is 2. The Hall–Kier alpha value is -1.02. The molecule has 0 spiro atoms. The van der Waals surface area contributed by atoms with Gasteiger partial charge in [0.15, 0.2) is 0 Å². The maximum absolute atomic E-state index is 6.15. The minimum absolute atomic E-state index is 0.340. The van der Waals surface area contributed by atoms with Gasteiger partial charge >= 0.3 is 0 Å². The molecule has 22 heavy (non-hydrogen) atoms. The Labute approximate surface area is 133 Å². The summed E-state index contributed by atoms with van der Waals surface area (Å²) in [5.74, 6) is 4.15. The summed E-state index contributed by atoms with van der Waals surface area (Å²) in [5, 5.41) is 0. The summed E-state index contributed by atoms with van der Waals surface area (Å²) in [6, 6.07) is 8.86. The van der Waals surface area contributed by atoms with E-state index in [0.717, 1.165) is 36.7 Å². The van der Waals surface area contributed by atoms with Crippen LogP contribution in [-0.2, 0) is 10.2 Å². The third-order valence-electron chi connectivity index (χ3n) is 6.91. The van der Waals surface area contributed by atoms with Crippen LogP contribution in [0.1, 0.15) is 50.5 Å². The quantitative estimate of drug-likeness (QED) is 0.772. The number of rotatable bonds is 4. The first-order valence-electron chi connectivity index (χ1n) is 9.18. The van der Waals surface area contributed by atoms with Crippen molar-refractivity contribution in [2.75, 3.05) is 13.2 Å². The van der Waals surface area contributed by atoms with E-state index >= 15 is 0 Å². The van der Waals surface area contributed by atoms with Gasteiger partial charge in [0, 0.05) is 5.56 Å². The van der Waals surface area contributed by atoms with Gasteiger partial charge in [0.1, 0.15) is 18.5 Å². The average Bonchev–Trinajstić information content (AvgIpc) is 3.15. The lowest BCUT2D eigenvalue weighted by Gasteiger charge is -2.41. The van der Waals surface area contributed by atoms with E-state index in [1.165, 1.54) is 50.5 Å². The fourth-order valence-electron chi connectivity index (χ4n) is 5.89. The predicted octanol–water partition coefficient (Wildman–Crippen LogP) is 4.32. The Bertz CT molecular complexity index is 563. The smallest absolute Gasteiger partial charge is 0.123 e. The van der Waals surface area contributed by atoms with Gasteiger partial charge in [-0.1, -0.05) is 31.0 Å². The molecule has 5 unspecified atom stereocenters. The highest BCUT2D eigenvalue weighted by molar-refractivity contribution is 5.41. The SMILES string of the molecule is c1ccc(C23CCC(C2)C2CCCC2C3)c(OCC2CO2)c1. The molecule has 4 aliphatic rings. The first-order chi connectivity index (χ1) is 10.8. The summed E-state index contributed by atoms with van der Waals surface area (Å²) in [4.78, 5) is 0. The molecule has 1 aliphatic heterocycles. The second-order valence-corrected chi connectivity index (χ2v) is 8.10. The number of fused-ring (bicyclic) bond motifs is 4. The van der Waals surface area contributed by atoms with Gasteiger partial charge in [0.05, 0.1) is 6.61 Å². The second kappa shape index (κ2) is 4.99. The Kier molecular flexibility index (Phi) is 3.04. The lowest BCUT2D eigenvalue weighted by molar-refractivity contribution is 0.157. The molecule has 2 bridgehead atoms. The van der Waals surface area contributed by atoms with Crippen LogP contribution in [0.15, 0.2) is 24.3 Å². The standard InChI is InChI=1S/C20H26O2/c1-2-7-19(22-13-16-12-21-16)18(6-1)20-9-8-15(11-20)17-5-3-4-14(17)10-20/h1-2,6-7,14-17H,3-5,8-13H2. The van der Waals surface area contributed by atoms with Gasteiger partial charge in [0.2, 0.25) is 0 Å². The van der Waals surface area contributed by atoms with Crippen molar-refractivity contribution in [1.29, 1.82) is 0 Å². The molecule has 2 nitrogen and oxygen atoms in total. The Morgan fingerprint density at radius 2 is 1.91 bits per heavy atom. The first kappa shape index (κ1) is 13.4. The van der Waals surface area contributed by atoms with E-state index in [2.05, 4.69) is 24.3 Å². The largest absolute Gasteiger partial charge is 0.490 e. The van der Waals surface area contributed by atoms with Gasteiger partial charge < -0.3 is 9.47 Å². The second-order valence-electron chi connectivity index (χ2n) is 8.10. The van der Waals surface area contributed by atoms with Crippen molar-refractivity contribution in [2.45, 2.75) is 56.5 Å². The van der Waals surface area contributed by atoms with Gasteiger partial charge in [-0.15, -0.1) is 0 Å². The number of para-hydroxylation sites is 1. The van der Waals surface area contributed by atoms with Gasteiger partial charge in [-0.3, -0.25) is 0 Å². The fraction of sp³-hybridized carbons (Fsp3) is 0.700. The summed E-state index contributed by atoms with van der Waals surface area (Å²) in [5.41, 5.74) is 1.92. The maximum Gasteiger partial charge on any atom is 0.123 e. The van der Waals surface area contributed by atoms with Crippen molar-refractivity contribution >= 4 is 0 Å².